The largest absolute Gasteiger partial charge is 0.435 e. The molecule has 1 saturated heterocycles. The van der Waals surface area contributed by atoms with Gasteiger partial charge in [-0.15, -0.1) is 0 Å². The first-order valence-corrected chi connectivity index (χ1v) is 8.72. The van der Waals surface area contributed by atoms with Gasteiger partial charge in [0.1, 0.15) is 5.75 Å². The van der Waals surface area contributed by atoms with E-state index in [9.17, 15) is 18.7 Å². The second-order valence-corrected chi connectivity index (χ2v) is 7.18. The number of benzene rings is 1. The molecule has 8 heteroatoms. The maximum Gasteiger partial charge on any atom is 0.387 e. The predicted molar refractivity (Wildman–Crippen MR) is 94.9 cm³/mol. The number of rotatable bonds is 5. The van der Waals surface area contributed by atoms with Gasteiger partial charge < -0.3 is 19.9 Å². The van der Waals surface area contributed by atoms with Crippen molar-refractivity contribution in [1.82, 2.24) is 10.3 Å². The van der Waals surface area contributed by atoms with Crippen LogP contribution in [0.25, 0.3) is 10.9 Å². The second-order valence-electron chi connectivity index (χ2n) is 7.18. The summed E-state index contributed by atoms with van der Waals surface area (Å²) in [5, 5.41) is 13.5. The van der Waals surface area contributed by atoms with Crippen LogP contribution in [-0.4, -0.2) is 47.0 Å². The van der Waals surface area contributed by atoms with Gasteiger partial charge in [0, 0.05) is 17.6 Å². The normalized spacial score (nSPS) is 20.7. The van der Waals surface area contributed by atoms with Gasteiger partial charge in [-0.05, 0) is 44.9 Å². The predicted octanol–water partition coefficient (Wildman–Crippen LogP) is 2.88. The molecule has 2 N–H and O–H groups in total. The maximum absolute atomic E-state index is 12.5. The lowest BCUT2D eigenvalue weighted by molar-refractivity contribution is -0.114. The van der Waals surface area contributed by atoms with Gasteiger partial charge in [0.25, 0.3) is 5.91 Å². The summed E-state index contributed by atoms with van der Waals surface area (Å²) in [5.41, 5.74) is -0.0854. The summed E-state index contributed by atoms with van der Waals surface area (Å²) in [7, 11) is 0. The molecule has 1 aliphatic heterocycles. The summed E-state index contributed by atoms with van der Waals surface area (Å²) in [6.07, 6.45) is 2.50. The molecule has 1 fully saturated rings. The number of pyridine rings is 1. The van der Waals surface area contributed by atoms with Crippen molar-refractivity contribution in [1.29, 1.82) is 0 Å². The van der Waals surface area contributed by atoms with Crippen LogP contribution in [0.3, 0.4) is 0 Å². The number of carbonyl (C=O) groups excluding carboxylic acids is 1. The first-order valence-electron chi connectivity index (χ1n) is 8.72. The number of hydrogen-bond acceptors (Lipinski definition) is 5. The van der Waals surface area contributed by atoms with Crippen LogP contribution in [0.4, 0.5) is 8.78 Å². The molecule has 27 heavy (non-hydrogen) atoms. The Hall–Kier alpha value is -2.32. The number of fused-ring (bicyclic) bond motifs is 1. The molecule has 2 atom stereocenters. The molecule has 0 spiro atoms. The first kappa shape index (κ1) is 19.4. The monoisotopic (exact) mass is 380 g/mol. The fourth-order valence-corrected chi connectivity index (χ4v) is 3.09. The van der Waals surface area contributed by atoms with E-state index in [-0.39, 0.29) is 23.8 Å². The average Bonchev–Trinajstić information content (AvgIpc) is 2.60. The van der Waals surface area contributed by atoms with Gasteiger partial charge in [-0.2, -0.15) is 8.78 Å². The number of nitrogens with one attached hydrogen (secondary N) is 1. The highest BCUT2D eigenvalue weighted by Gasteiger charge is 2.32. The molecule has 3 rings (SSSR count). The molecule has 0 radical (unpaired) electrons. The number of amides is 1. The van der Waals surface area contributed by atoms with Gasteiger partial charge in [0.05, 0.1) is 35.4 Å². The molecule has 2 aromatic rings. The van der Waals surface area contributed by atoms with E-state index >= 15 is 0 Å². The molecule has 1 aromatic carbocycles. The Bertz CT molecular complexity index is 815. The molecule has 2 heterocycles. The third-order valence-corrected chi connectivity index (χ3v) is 4.54. The molecule has 1 amide bonds. The van der Waals surface area contributed by atoms with Crippen LogP contribution in [0.5, 0.6) is 5.75 Å². The van der Waals surface area contributed by atoms with Crippen LogP contribution in [0, 0.1) is 0 Å². The van der Waals surface area contributed by atoms with Crippen LogP contribution >= 0.6 is 0 Å². The Morgan fingerprint density at radius 1 is 1.37 bits per heavy atom. The topological polar surface area (TPSA) is 80.7 Å². The summed E-state index contributed by atoms with van der Waals surface area (Å²) in [6, 6.07) is 5.88. The standard InChI is InChI=1S/C19H22F2N2O4/c1-19(2,25)16-6-4-13(10-26-16)23-17(24)12-7-11-3-5-14(27-18(20)21)8-15(11)22-9-12/h3,5,7-9,13,16,18,25H,4,6,10H2,1-2H3,(H,23,24)/t13-,16+/m1/s1. The van der Waals surface area contributed by atoms with Crippen LogP contribution in [-0.2, 0) is 4.74 Å². The molecule has 6 nitrogen and oxygen atoms in total. The Morgan fingerprint density at radius 3 is 2.78 bits per heavy atom. The van der Waals surface area contributed by atoms with Crippen molar-refractivity contribution in [2.24, 2.45) is 0 Å². The zero-order chi connectivity index (χ0) is 19.6. The van der Waals surface area contributed by atoms with Gasteiger partial charge in [-0.25, -0.2) is 0 Å². The summed E-state index contributed by atoms with van der Waals surface area (Å²) < 4.78 is 34.6. The lowest BCUT2D eigenvalue weighted by atomic mass is 9.93. The fraction of sp³-hybridized carbons (Fsp3) is 0.474. The highest BCUT2D eigenvalue weighted by molar-refractivity contribution is 5.97. The van der Waals surface area contributed by atoms with Crippen LogP contribution in [0.1, 0.15) is 37.0 Å². The van der Waals surface area contributed by atoms with E-state index in [0.717, 1.165) is 0 Å². The van der Waals surface area contributed by atoms with Crippen molar-refractivity contribution in [3.8, 4) is 5.75 Å². The van der Waals surface area contributed by atoms with Crippen molar-refractivity contribution in [2.45, 2.75) is 51.0 Å². The van der Waals surface area contributed by atoms with E-state index in [1.54, 1.807) is 26.0 Å². The molecule has 146 valence electrons. The number of aromatic nitrogens is 1. The number of hydrogen-bond donors (Lipinski definition) is 2. The Kier molecular flexibility index (Phi) is 5.57. The fourth-order valence-electron chi connectivity index (χ4n) is 3.09. The van der Waals surface area contributed by atoms with Gasteiger partial charge in [-0.3, -0.25) is 9.78 Å². The number of ether oxygens (including phenoxy) is 2. The molecule has 0 aliphatic carbocycles. The van der Waals surface area contributed by atoms with Crippen LogP contribution in [0.15, 0.2) is 30.5 Å². The van der Waals surface area contributed by atoms with Crippen molar-refractivity contribution in [3.63, 3.8) is 0 Å². The van der Waals surface area contributed by atoms with Crippen molar-refractivity contribution >= 4 is 16.8 Å². The van der Waals surface area contributed by atoms with E-state index < -0.39 is 12.2 Å². The molecule has 0 bridgehead atoms. The summed E-state index contributed by atoms with van der Waals surface area (Å²) in [5.74, 6) is -0.268. The smallest absolute Gasteiger partial charge is 0.387 e. The van der Waals surface area contributed by atoms with E-state index in [0.29, 0.717) is 35.9 Å². The third kappa shape index (κ3) is 4.90. The van der Waals surface area contributed by atoms with Gasteiger partial charge >= 0.3 is 6.61 Å². The lowest BCUT2D eigenvalue weighted by Crippen LogP contribution is -2.48. The zero-order valence-electron chi connectivity index (χ0n) is 15.1. The van der Waals surface area contributed by atoms with Gasteiger partial charge in [-0.1, -0.05) is 0 Å². The number of carbonyl (C=O) groups is 1. The SMILES string of the molecule is CC(C)(O)[C@@H]1CC[C@@H](NC(=O)c2cnc3cc(OC(F)F)ccc3c2)CO1. The second kappa shape index (κ2) is 7.74. The average molecular weight is 380 g/mol. The molecule has 1 aliphatic rings. The summed E-state index contributed by atoms with van der Waals surface area (Å²) >= 11 is 0. The minimum atomic E-state index is -2.90. The first-order chi connectivity index (χ1) is 12.7. The van der Waals surface area contributed by atoms with E-state index in [1.165, 1.54) is 18.3 Å². The molecule has 1 aromatic heterocycles. The number of aliphatic hydroxyl groups is 1. The molecular formula is C19H22F2N2O4. The molecule has 0 unspecified atom stereocenters. The van der Waals surface area contributed by atoms with Gasteiger partial charge in [0.2, 0.25) is 0 Å². The Morgan fingerprint density at radius 2 is 2.15 bits per heavy atom. The van der Waals surface area contributed by atoms with E-state index in [1.807, 2.05) is 0 Å². The summed E-state index contributed by atoms with van der Waals surface area (Å²) in [6.45, 7) is 0.834. The van der Waals surface area contributed by atoms with Crippen molar-refractivity contribution in [3.05, 3.63) is 36.0 Å². The van der Waals surface area contributed by atoms with E-state index in [2.05, 4.69) is 15.0 Å². The number of nitrogens with zero attached hydrogens (tertiary/aromatic N) is 1. The van der Waals surface area contributed by atoms with E-state index in [4.69, 9.17) is 4.74 Å². The Labute approximate surface area is 155 Å². The number of halogens is 2. The molecule has 0 saturated carbocycles. The molecular weight excluding hydrogens is 358 g/mol. The van der Waals surface area contributed by atoms with Crippen molar-refractivity contribution in [2.75, 3.05) is 6.61 Å². The third-order valence-electron chi connectivity index (χ3n) is 4.54. The van der Waals surface area contributed by atoms with Crippen molar-refractivity contribution < 1.29 is 28.2 Å². The van der Waals surface area contributed by atoms with Crippen LogP contribution in [0.2, 0.25) is 0 Å². The highest BCUT2D eigenvalue weighted by Crippen LogP contribution is 2.24. The minimum Gasteiger partial charge on any atom is -0.435 e. The summed E-state index contributed by atoms with van der Waals surface area (Å²) in [4.78, 5) is 16.6. The number of alkyl halides is 2. The highest BCUT2D eigenvalue weighted by atomic mass is 19.3. The lowest BCUT2D eigenvalue weighted by Gasteiger charge is -2.36. The van der Waals surface area contributed by atoms with Gasteiger partial charge in [0.15, 0.2) is 0 Å². The van der Waals surface area contributed by atoms with Crippen LogP contribution < -0.4 is 10.1 Å². The quantitative estimate of drug-likeness (QED) is 0.834. The zero-order valence-corrected chi connectivity index (χ0v) is 15.1. The Balaban J connectivity index is 1.64. The maximum atomic E-state index is 12.5. The minimum absolute atomic E-state index is 0.0166.